The summed E-state index contributed by atoms with van der Waals surface area (Å²) in [7, 11) is 1.70. The zero-order chi connectivity index (χ0) is 10.8. The van der Waals surface area contributed by atoms with Crippen LogP contribution in [0.3, 0.4) is 0 Å². The molecule has 0 saturated heterocycles. The second kappa shape index (κ2) is 4.47. The summed E-state index contributed by atoms with van der Waals surface area (Å²) in [6.07, 6.45) is 0. The van der Waals surface area contributed by atoms with Gasteiger partial charge < -0.3 is 5.32 Å². The van der Waals surface area contributed by atoms with E-state index in [9.17, 15) is 4.39 Å². The molecule has 1 aromatic rings. The molecule has 4 heteroatoms. The van der Waals surface area contributed by atoms with Crippen LogP contribution in [0.5, 0.6) is 0 Å². The van der Waals surface area contributed by atoms with E-state index in [1.807, 2.05) is 0 Å². The molecule has 0 radical (unpaired) electrons. The molecule has 0 spiro atoms. The zero-order valence-electron chi connectivity index (χ0n) is 8.07. The van der Waals surface area contributed by atoms with E-state index in [2.05, 4.69) is 5.32 Å². The SMILES string of the molecule is CNCC(C)(F)c1ccc(Cl)c(Cl)c1. The number of hydrogen-bond acceptors (Lipinski definition) is 1. The highest BCUT2D eigenvalue weighted by molar-refractivity contribution is 6.42. The first-order valence-corrected chi connectivity index (χ1v) is 5.02. The molecule has 0 aliphatic heterocycles. The van der Waals surface area contributed by atoms with Crippen molar-refractivity contribution in [2.45, 2.75) is 12.6 Å². The van der Waals surface area contributed by atoms with Crippen LogP contribution in [-0.2, 0) is 5.67 Å². The second-order valence-corrected chi connectivity index (χ2v) is 4.17. The van der Waals surface area contributed by atoms with E-state index in [-0.39, 0.29) is 6.54 Å². The third-order valence-corrected chi connectivity index (χ3v) is 2.77. The lowest BCUT2D eigenvalue weighted by atomic mass is 9.98. The molecule has 14 heavy (non-hydrogen) atoms. The van der Waals surface area contributed by atoms with Crippen LogP contribution in [0.25, 0.3) is 0 Å². The van der Waals surface area contributed by atoms with Gasteiger partial charge in [0.2, 0.25) is 0 Å². The summed E-state index contributed by atoms with van der Waals surface area (Å²) in [6, 6.07) is 4.81. The van der Waals surface area contributed by atoms with Crippen molar-refractivity contribution in [2.24, 2.45) is 0 Å². The Bertz CT molecular complexity index is 326. The number of alkyl halides is 1. The Balaban J connectivity index is 3.01. The second-order valence-electron chi connectivity index (χ2n) is 3.36. The minimum Gasteiger partial charge on any atom is -0.316 e. The van der Waals surface area contributed by atoms with Gasteiger partial charge in [-0.1, -0.05) is 29.3 Å². The molecule has 0 aliphatic rings. The van der Waals surface area contributed by atoms with Gasteiger partial charge in [0.1, 0.15) is 5.67 Å². The van der Waals surface area contributed by atoms with Gasteiger partial charge in [-0.3, -0.25) is 0 Å². The molecule has 1 unspecified atom stereocenters. The van der Waals surface area contributed by atoms with E-state index in [4.69, 9.17) is 23.2 Å². The number of rotatable bonds is 3. The van der Waals surface area contributed by atoms with E-state index >= 15 is 0 Å². The van der Waals surface area contributed by atoms with Gasteiger partial charge in [-0.15, -0.1) is 0 Å². The molecule has 0 saturated carbocycles. The lowest BCUT2D eigenvalue weighted by Gasteiger charge is -2.20. The Morgan fingerprint density at radius 3 is 2.50 bits per heavy atom. The molecule has 0 aliphatic carbocycles. The van der Waals surface area contributed by atoms with Gasteiger partial charge in [-0.25, -0.2) is 4.39 Å². The summed E-state index contributed by atoms with van der Waals surface area (Å²) in [5, 5.41) is 3.61. The Morgan fingerprint density at radius 2 is 2.00 bits per heavy atom. The number of hydrogen-bond donors (Lipinski definition) is 1. The molecule has 0 bridgehead atoms. The number of benzene rings is 1. The summed E-state index contributed by atoms with van der Waals surface area (Å²) >= 11 is 11.5. The van der Waals surface area contributed by atoms with Crippen molar-refractivity contribution in [1.29, 1.82) is 0 Å². The van der Waals surface area contributed by atoms with E-state index in [0.29, 0.717) is 15.6 Å². The quantitative estimate of drug-likeness (QED) is 0.848. The van der Waals surface area contributed by atoms with Crippen molar-refractivity contribution in [3.05, 3.63) is 33.8 Å². The molecular formula is C10H12Cl2FN. The van der Waals surface area contributed by atoms with Crippen molar-refractivity contribution in [1.82, 2.24) is 5.32 Å². The molecule has 1 rings (SSSR count). The third-order valence-electron chi connectivity index (χ3n) is 2.03. The first-order chi connectivity index (χ1) is 6.47. The van der Waals surface area contributed by atoms with Crippen LogP contribution in [0.2, 0.25) is 10.0 Å². The number of halogens is 3. The highest BCUT2D eigenvalue weighted by atomic mass is 35.5. The largest absolute Gasteiger partial charge is 0.316 e. The monoisotopic (exact) mass is 235 g/mol. The molecule has 1 aromatic carbocycles. The summed E-state index contributed by atoms with van der Waals surface area (Å²) in [5.74, 6) is 0. The predicted molar refractivity (Wildman–Crippen MR) is 58.8 cm³/mol. The fourth-order valence-corrected chi connectivity index (χ4v) is 1.55. The summed E-state index contributed by atoms with van der Waals surface area (Å²) in [4.78, 5) is 0. The smallest absolute Gasteiger partial charge is 0.145 e. The molecule has 0 heterocycles. The highest BCUT2D eigenvalue weighted by Crippen LogP contribution is 2.30. The molecule has 1 N–H and O–H groups in total. The topological polar surface area (TPSA) is 12.0 Å². The molecule has 78 valence electrons. The number of likely N-dealkylation sites (N-methyl/N-ethyl adjacent to an activating group) is 1. The van der Waals surface area contributed by atoms with Gasteiger partial charge in [0, 0.05) is 6.54 Å². The van der Waals surface area contributed by atoms with Crippen LogP contribution in [0, 0.1) is 0 Å². The predicted octanol–water partition coefficient (Wildman–Crippen LogP) is 3.40. The van der Waals surface area contributed by atoms with Crippen molar-refractivity contribution in [2.75, 3.05) is 13.6 Å². The molecular weight excluding hydrogens is 224 g/mol. The molecule has 0 aromatic heterocycles. The Labute approximate surface area is 93.2 Å². The highest BCUT2D eigenvalue weighted by Gasteiger charge is 2.25. The van der Waals surface area contributed by atoms with Gasteiger partial charge in [0.15, 0.2) is 0 Å². The molecule has 1 atom stereocenters. The average Bonchev–Trinajstić information content (AvgIpc) is 2.09. The normalized spacial score (nSPS) is 15.2. The fourth-order valence-electron chi connectivity index (χ4n) is 1.25. The lowest BCUT2D eigenvalue weighted by Crippen LogP contribution is -2.29. The van der Waals surface area contributed by atoms with Crippen molar-refractivity contribution in [3.63, 3.8) is 0 Å². The van der Waals surface area contributed by atoms with E-state index in [1.165, 1.54) is 6.92 Å². The van der Waals surface area contributed by atoms with Gasteiger partial charge >= 0.3 is 0 Å². The molecule has 1 nitrogen and oxygen atoms in total. The van der Waals surface area contributed by atoms with Crippen molar-refractivity contribution < 1.29 is 4.39 Å². The maximum absolute atomic E-state index is 14.0. The van der Waals surface area contributed by atoms with Gasteiger partial charge in [-0.05, 0) is 31.7 Å². The summed E-state index contributed by atoms with van der Waals surface area (Å²) in [6.45, 7) is 1.74. The van der Waals surface area contributed by atoms with Crippen LogP contribution >= 0.6 is 23.2 Å². The lowest BCUT2D eigenvalue weighted by molar-refractivity contribution is 0.191. The summed E-state index contributed by atoms with van der Waals surface area (Å²) in [5.41, 5.74) is -0.899. The zero-order valence-corrected chi connectivity index (χ0v) is 9.58. The van der Waals surface area contributed by atoms with Gasteiger partial charge in [-0.2, -0.15) is 0 Å². The minimum atomic E-state index is -1.43. The Morgan fingerprint density at radius 1 is 1.36 bits per heavy atom. The van der Waals surface area contributed by atoms with Gasteiger partial charge in [0.25, 0.3) is 0 Å². The standard InChI is InChI=1S/C10H12Cl2FN/c1-10(13,6-14-2)7-3-4-8(11)9(12)5-7/h3-5,14H,6H2,1-2H3. The first kappa shape index (κ1) is 11.8. The average molecular weight is 236 g/mol. The van der Waals surface area contributed by atoms with E-state index in [1.54, 1.807) is 25.2 Å². The minimum absolute atomic E-state index is 0.241. The van der Waals surface area contributed by atoms with Crippen LogP contribution in [-0.4, -0.2) is 13.6 Å². The maximum Gasteiger partial charge on any atom is 0.145 e. The molecule has 0 fully saturated rings. The third kappa shape index (κ3) is 2.59. The molecule has 0 amide bonds. The van der Waals surface area contributed by atoms with Crippen LogP contribution < -0.4 is 5.32 Å². The Hall–Kier alpha value is -0.310. The van der Waals surface area contributed by atoms with Crippen molar-refractivity contribution >= 4 is 23.2 Å². The van der Waals surface area contributed by atoms with Crippen LogP contribution in [0.4, 0.5) is 4.39 Å². The van der Waals surface area contributed by atoms with Crippen molar-refractivity contribution in [3.8, 4) is 0 Å². The van der Waals surface area contributed by atoms with E-state index in [0.717, 1.165) is 0 Å². The summed E-state index contributed by atoms with van der Waals surface area (Å²) < 4.78 is 14.0. The first-order valence-electron chi connectivity index (χ1n) is 4.26. The van der Waals surface area contributed by atoms with Crippen LogP contribution in [0.1, 0.15) is 12.5 Å². The van der Waals surface area contributed by atoms with Gasteiger partial charge in [0.05, 0.1) is 10.0 Å². The Kier molecular flexibility index (Phi) is 3.76. The van der Waals surface area contributed by atoms with E-state index < -0.39 is 5.67 Å². The maximum atomic E-state index is 14.0. The number of nitrogens with one attached hydrogen (secondary N) is 1. The van der Waals surface area contributed by atoms with Crippen LogP contribution in [0.15, 0.2) is 18.2 Å². The fraction of sp³-hybridized carbons (Fsp3) is 0.400.